The van der Waals surface area contributed by atoms with Crippen LogP contribution in [0.5, 0.6) is 0 Å². The van der Waals surface area contributed by atoms with E-state index in [-0.39, 0.29) is 5.78 Å². The fraction of sp³-hybridized carbons (Fsp3) is 0.857. The van der Waals surface area contributed by atoms with Gasteiger partial charge in [0, 0.05) is 12.8 Å². The highest BCUT2D eigenvalue weighted by atomic mass is 16.1. The summed E-state index contributed by atoms with van der Waals surface area (Å²) in [6, 6.07) is 0. The molecular weight excluding hydrogens is 282 g/mol. The van der Waals surface area contributed by atoms with E-state index >= 15 is 0 Å². The zero-order valence-electron chi connectivity index (χ0n) is 16.5. The third-order valence-corrected chi connectivity index (χ3v) is 4.76. The molecule has 0 radical (unpaired) electrons. The van der Waals surface area contributed by atoms with Gasteiger partial charge >= 0.3 is 0 Å². The molecule has 0 amide bonds. The Labute approximate surface area is 145 Å². The molecule has 2 heteroatoms. The van der Waals surface area contributed by atoms with Gasteiger partial charge in [0.2, 0.25) is 0 Å². The average molecular weight is 325 g/mol. The van der Waals surface area contributed by atoms with Crippen molar-refractivity contribution >= 4 is 5.78 Å². The van der Waals surface area contributed by atoms with Crippen LogP contribution in [0.15, 0.2) is 12.2 Å². The first-order valence-electron chi connectivity index (χ1n) is 9.90. The molecule has 2 nitrogen and oxygen atoms in total. The lowest BCUT2D eigenvalue weighted by molar-refractivity contribution is -0.890. The smallest absolute Gasteiger partial charge is 0.158 e. The number of carbonyl (C=O) groups is 1. The van der Waals surface area contributed by atoms with Gasteiger partial charge in [-0.1, -0.05) is 64.9 Å². The van der Waals surface area contributed by atoms with Crippen LogP contribution in [0.2, 0.25) is 0 Å². The maximum atomic E-state index is 11.6. The first kappa shape index (κ1) is 22.4. The van der Waals surface area contributed by atoms with Gasteiger partial charge in [0.25, 0.3) is 0 Å². The first-order chi connectivity index (χ1) is 10.9. The van der Waals surface area contributed by atoms with E-state index in [1.165, 1.54) is 70.8 Å². The molecule has 0 atom stereocenters. The largest absolute Gasteiger partial charge is 0.328 e. The summed E-state index contributed by atoms with van der Waals surface area (Å²) in [4.78, 5) is 11.6. The van der Waals surface area contributed by atoms with Crippen molar-refractivity contribution in [2.45, 2.75) is 90.9 Å². The maximum Gasteiger partial charge on any atom is 0.158 e. The minimum absolute atomic E-state index is 0.226. The number of Topliss-reactive ketones (excluding diaryl/α,β-unsaturated/α-hetero) is 1. The van der Waals surface area contributed by atoms with Gasteiger partial charge in [0.15, 0.2) is 5.78 Å². The molecule has 0 aliphatic carbocycles. The average Bonchev–Trinajstić information content (AvgIpc) is 2.48. The number of hydrogen-bond donors (Lipinski definition) is 0. The van der Waals surface area contributed by atoms with Gasteiger partial charge in [-0.15, -0.1) is 0 Å². The Bertz CT molecular complexity index is 320. The molecule has 0 heterocycles. The molecule has 0 saturated heterocycles. The quantitative estimate of drug-likeness (QED) is 0.196. The summed E-state index contributed by atoms with van der Waals surface area (Å²) >= 11 is 0. The molecule has 0 aliphatic heterocycles. The molecule has 0 bridgehead atoms. The molecule has 0 aromatic heterocycles. The van der Waals surface area contributed by atoms with Crippen molar-refractivity contribution < 1.29 is 9.28 Å². The third kappa shape index (κ3) is 14.7. The van der Waals surface area contributed by atoms with Crippen molar-refractivity contribution in [3.05, 3.63) is 12.2 Å². The molecule has 136 valence electrons. The molecule has 0 rings (SSSR count). The van der Waals surface area contributed by atoms with E-state index in [9.17, 15) is 4.79 Å². The molecule has 0 unspecified atom stereocenters. The Morgan fingerprint density at radius 2 is 1.22 bits per heavy atom. The summed E-state index contributed by atoms with van der Waals surface area (Å²) in [5, 5.41) is 0. The van der Waals surface area contributed by atoms with Crippen molar-refractivity contribution in [2.24, 2.45) is 0 Å². The predicted molar refractivity (Wildman–Crippen MR) is 103 cm³/mol. The molecule has 0 saturated carbocycles. The number of nitrogens with zero attached hydrogens (tertiary/aromatic N) is 1. The van der Waals surface area contributed by atoms with E-state index < -0.39 is 0 Å². The van der Waals surface area contributed by atoms with Gasteiger partial charge in [-0.3, -0.25) is 4.79 Å². The minimum Gasteiger partial charge on any atom is -0.328 e. The number of rotatable bonds is 16. The van der Waals surface area contributed by atoms with Crippen LogP contribution in [-0.4, -0.2) is 37.5 Å². The summed E-state index contributed by atoms with van der Waals surface area (Å²) in [7, 11) is 4.58. The maximum absolute atomic E-state index is 11.6. The van der Waals surface area contributed by atoms with Crippen molar-refractivity contribution in [1.82, 2.24) is 0 Å². The molecule has 0 aromatic rings. The SMILES string of the molecule is C=C(C)C(=O)CCC[N+](C)(C)CCCCCCCCCCCC. The summed E-state index contributed by atoms with van der Waals surface area (Å²) < 4.78 is 1.04. The van der Waals surface area contributed by atoms with E-state index in [0.29, 0.717) is 12.0 Å². The van der Waals surface area contributed by atoms with Gasteiger partial charge in [0.05, 0.1) is 27.2 Å². The van der Waals surface area contributed by atoms with Gasteiger partial charge in [-0.25, -0.2) is 0 Å². The van der Waals surface area contributed by atoms with Gasteiger partial charge in [-0.2, -0.15) is 0 Å². The summed E-state index contributed by atoms with van der Waals surface area (Å²) in [6.45, 7) is 10.1. The summed E-state index contributed by atoms with van der Waals surface area (Å²) in [5.41, 5.74) is 0.699. The number of quaternary nitrogens is 1. The Morgan fingerprint density at radius 3 is 1.70 bits per heavy atom. The van der Waals surface area contributed by atoms with Crippen molar-refractivity contribution in [3.8, 4) is 0 Å². The van der Waals surface area contributed by atoms with Crippen LogP contribution in [0.25, 0.3) is 0 Å². The molecular formula is C21H42NO+. The lowest BCUT2D eigenvalue weighted by Gasteiger charge is -2.29. The second-order valence-electron chi connectivity index (χ2n) is 7.87. The van der Waals surface area contributed by atoms with Crippen LogP contribution >= 0.6 is 0 Å². The summed E-state index contributed by atoms with van der Waals surface area (Å²) in [5.74, 6) is 0.226. The Hall–Kier alpha value is -0.630. The Kier molecular flexibility index (Phi) is 13.4. The highest BCUT2D eigenvalue weighted by molar-refractivity contribution is 5.93. The van der Waals surface area contributed by atoms with Crippen molar-refractivity contribution in [3.63, 3.8) is 0 Å². The second kappa shape index (κ2) is 13.8. The van der Waals surface area contributed by atoms with Gasteiger partial charge in [0.1, 0.15) is 0 Å². The lowest BCUT2D eigenvalue weighted by atomic mass is 10.1. The number of hydrogen-bond acceptors (Lipinski definition) is 1. The molecule has 23 heavy (non-hydrogen) atoms. The van der Waals surface area contributed by atoms with Gasteiger partial charge < -0.3 is 4.48 Å². The van der Waals surface area contributed by atoms with Crippen LogP contribution in [0, 0.1) is 0 Å². The van der Waals surface area contributed by atoms with E-state index in [0.717, 1.165) is 17.4 Å². The van der Waals surface area contributed by atoms with Crippen LogP contribution in [0.1, 0.15) is 90.9 Å². The Balaban J connectivity index is 3.48. The molecule has 0 spiro atoms. The van der Waals surface area contributed by atoms with E-state index in [1.807, 2.05) is 6.92 Å². The van der Waals surface area contributed by atoms with Crippen LogP contribution in [-0.2, 0) is 4.79 Å². The zero-order chi connectivity index (χ0) is 17.6. The Morgan fingerprint density at radius 1 is 0.783 bits per heavy atom. The van der Waals surface area contributed by atoms with Crippen molar-refractivity contribution in [1.29, 1.82) is 0 Å². The molecule has 0 fully saturated rings. The van der Waals surface area contributed by atoms with Crippen LogP contribution < -0.4 is 0 Å². The number of allylic oxidation sites excluding steroid dienone is 1. The number of unbranched alkanes of at least 4 members (excludes halogenated alkanes) is 9. The van der Waals surface area contributed by atoms with E-state index in [1.54, 1.807) is 0 Å². The topological polar surface area (TPSA) is 17.1 Å². The second-order valence-corrected chi connectivity index (χ2v) is 7.87. The normalized spacial score (nSPS) is 11.7. The lowest BCUT2D eigenvalue weighted by Crippen LogP contribution is -2.41. The summed E-state index contributed by atoms with van der Waals surface area (Å²) in [6.07, 6.45) is 15.6. The standard InChI is InChI=1S/C21H42NO/c1-6-7-8-9-10-11-12-13-14-15-18-22(4,5)19-16-17-21(23)20(2)3/h2,6-19H2,1,3-5H3/q+1. The fourth-order valence-corrected chi connectivity index (χ4v) is 3.02. The predicted octanol–water partition coefficient (Wildman–Crippen LogP) is 5.91. The molecule has 0 N–H and O–H groups in total. The molecule has 0 aliphatic rings. The zero-order valence-corrected chi connectivity index (χ0v) is 16.5. The monoisotopic (exact) mass is 324 g/mol. The van der Waals surface area contributed by atoms with Crippen LogP contribution in [0.4, 0.5) is 0 Å². The minimum atomic E-state index is 0.226. The fourth-order valence-electron chi connectivity index (χ4n) is 3.02. The van der Waals surface area contributed by atoms with Crippen molar-refractivity contribution in [2.75, 3.05) is 27.2 Å². The van der Waals surface area contributed by atoms with Crippen LogP contribution in [0.3, 0.4) is 0 Å². The molecule has 0 aromatic carbocycles. The third-order valence-electron chi connectivity index (χ3n) is 4.76. The number of ketones is 1. The highest BCUT2D eigenvalue weighted by Gasteiger charge is 2.15. The van der Waals surface area contributed by atoms with E-state index in [2.05, 4.69) is 27.6 Å². The highest BCUT2D eigenvalue weighted by Crippen LogP contribution is 2.12. The number of carbonyl (C=O) groups excluding carboxylic acids is 1. The first-order valence-corrected chi connectivity index (χ1v) is 9.90. The van der Waals surface area contributed by atoms with Gasteiger partial charge in [-0.05, 0) is 25.3 Å². The van der Waals surface area contributed by atoms with E-state index in [4.69, 9.17) is 0 Å².